The molecular formula is C25H22ClN3O3. The molecule has 0 bridgehead atoms. The molecule has 0 aliphatic heterocycles. The fourth-order valence-electron chi connectivity index (χ4n) is 3.43. The molecule has 0 saturated heterocycles. The SMILES string of the molecule is COc1ccc(C(=O)Nc2ccc3nc(Nc4cccc(Cl)c4)cc(C)c3c2)cc1OC. The minimum atomic E-state index is -0.241. The zero-order valence-electron chi connectivity index (χ0n) is 17.9. The van der Waals surface area contributed by atoms with Crippen molar-refractivity contribution in [1.29, 1.82) is 0 Å². The highest BCUT2D eigenvalue weighted by atomic mass is 35.5. The van der Waals surface area contributed by atoms with Crippen LogP contribution in [0.4, 0.5) is 17.2 Å². The van der Waals surface area contributed by atoms with Crippen molar-refractivity contribution in [2.75, 3.05) is 24.9 Å². The molecule has 1 amide bonds. The van der Waals surface area contributed by atoms with E-state index in [0.717, 1.165) is 28.0 Å². The van der Waals surface area contributed by atoms with E-state index in [1.54, 1.807) is 25.3 Å². The highest BCUT2D eigenvalue weighted by molar-refractivity contribution is 6.30. The number of carbonyl (C=O) groups excluding carboxylic acids is 1. The molecule has 0 unspecified atom stereocenters. The number of hydrogen-bond acceptors (Lipinski definition) is 5. The zero-order valence-corrected chi connectivity index (χ0v) is 18.7. The number of hydrogen-bond donors (Lipinski definition) is 2. The van der Waals surface area contributed by atoms with Gasteiger partial charge in [-0.2, -0.15) is 0 Å². The minimum absolute atomic E-state index is 0.241. The molecule has 0 aliphatic carbocycles. The topological polar surface area (TPSA) is 72.5 Å². The number of carbonyl (C=O) groups is 1. The third-order valence-corrected chi connectivity index (χ3v) is 5.25. The van der Waals surface area contributed by atoms with Gasteiger partial charge in [0.25, 0.3) is 5.91 Å². The molecular weight excluding hydrogens is 426 g/mol. The number of fused-ring (bicyclic) bond motifs is 1. The number of nitrogens with one attached hydrogen (secondary N) is 2. The Morgan fingerprint density at radius 1 is 0.906 bits per heavy atom. The standard InChI is InChI=1S/C25H22ClN3O3/c1-15-11-24(27-18-6-4-5-17(26)13-18)29-21-9-8-19(14-20(15)21)28-25(30)16-7-10-22(31-2)23(12-16)32-3/h4-14H,1-3H3,(H,27,29)(H,28,30). The monoisotopic (exact) mass is 447 g/mol. The lowest BCUT2D eigenvalue weighted by molar-refractivity contribution is 0.102. The Morgan fingerprint density at radius 3 is 2.47 bits per heavy atom. The van der Waals surface area contributed by atoms with Crippen LogP contribution in [-0.4, -0.2) is 25.1 Å². The second-order valence-corrected chi connectivity index (χ2v) is 7.65. The van der Waals surface area contributed by atoms with E-state index in [9.17, 15) is 4.79 Å². The van der Waals surface area contributed by atoms with Gasteiger partial charge in [-0.05, 0) is 73.2 Å². The largest absolute Gasteiger partial charge is 0.493 e. The molecule has 0 fully saturated rings. The molecule has 0 radical (unpaired) electrons. The lowest BCUT2D eigenvalue weighted by Gasteiger charge is -2.12. The van der Waals surface area contributed by atoms with E-state index in [2.05, 4.69) is 15.6 Å². The Bertz CT molecular complexity index is 1310. The number of nitrogens with zero attached hydrogens (tertiary/aromatic N) is 1. The number of halogens is 1. The smallest absolute Gasteiger partial charge is 0.255 e. The van der Waals surface area contributed by atoms with Gasteiger partial charge in [-0.3, -0.25) is 4.79 Å². The Balaban J connectivity index is 1.57. The van der Waals surface area contributed by atoms with Crippen molar-refractivity contribution in [3.63, 3.8) is 0 Å². The van der Waals surface area contributed by atoms with Crippen LogP contribution in [0.1, 0.15) is 15.9 Å². The van der Waals surface area contributed by atoms with E-state index in [1.165, 1.54) is 7.11 Å². The third kappa shape index (κ3) is 4.60. The van der Waals surface area contributed by atoms with Crippen molar-refractivity contribution >= 4 is 45.6 Å². The van der Waals surface area contributed by atoms with Crippen LogP contribution in [0.2, 0.25) is 5.02 Å². The first kappa shape index (κ1) is 21.5. The number of aromatic nitrogens is 1. The second-order valence-electron chi connectivity index (χ2n) is 7.22. The van der Waals surface area contributed by atoms with Gasteiger partial charge in [0, 0.05) is 27.3 Å². The summed E-state index contributed by atoms with van der Waals surface area (Å²) in [5.41, 5.74) is 3.86. The predicted octanol–water partition coefficient (Wildman–Crippen LogP) is 6.21. The maximum Gasteiger partial charge on any atom is 0.255 e. The summed E-state index contributed by atoms with van der Waals surface area (Å²) in [5, 5.41) is 7.82. The molecule has 3 aromatic carbocycles. The molecule has 0 aliphatic rings. The quantitative estimate of drug-likeness (QED) is 0.367. The number of rotatable bonds is 6. The van der Waals surface area contributed by atoms with Gasteiger partial charge in [-0.15, -0.1) is 0 Å². The summed E-state index contributed by atoms with van der Waals surface area (Å²) in [7, 11) is 3.09. The van der Waals surface area contributed by atoms with Crippen LogP contribution in [0, 0.1) is 6.92 Å². The van der Waals surface area contributed by atoms with Crippen LogP contribution in [0.5, 0.6) is 11.5 Å². The first-order valence-corrected chi connectivity index (χ1v) is 10.3. The fraction of sp³-hybridized carbons (Fsp3) is 0.120. The van der Waals surface area contributed by atoms with E-state index < -0.39 is 0 Å². The molecule has 162 valence electrons. The normalized spacial score (nSPS) is 10.6. The molecule has 0 spiro atoms. The van der Waals surface area contributed by atoms with Crippen molar-refractivity contribution in [1.82, 2.24) is 4.98 Å². The molecule has 0 saturated carbocycles. The van der Waals surface area contributed by atoms with Gasteiger partial charge in [-0.25, -0.2) is 4.98 Å². The van der Waals surface area contributed by atoms with E-state index in [4.69, 9.17) is 21.1 Å². The maximum atomic E-state index is 12.7. The molecule has 1 aromatic heterocycles. The highest BCUT2D eigenvalue weighted by Gasteiger charge is 2.12. The molecule has 2 N–H and O–H groups in total. The summed E-state index contributed by atoms with van der Waals surface area (Å²) >= 11 is 6.06. The van der Waals surface area contributed by atoms with Gasteiger partial charge >= 0.3 is 0 Å². The summed E-state index contributed by atoms with van der Waals surface area (Å²) in [6.07, 6.45) is 0. The lowest BCUT2D eigenvalue weighted by Crippen LogP contribution is -2.12. The summed E-state index contributed by atoms with van der Waals surface area (Å²) < 4.78 is 10.5. The maximum absolute atomic E-state index is 12.7. The van der Waals surface area contributed by atoms with Crippen LogP contribution in [0.3, 0.4) is 0 Å². The van der Waals surface area contributed by atoms with Crippen molar-refractivity contribution < 1.29 is 14.3 Å². The number of aryl methyl sites for hydroxylation is 1. The van der Waals surface area contributed by atoms with Gasteiger partial charge in [0.15, 0.2) is 11.5 Å². The van der Waals surface area contributed by atoms with Gasteiger partial charge in [0.2, 0.25) is 0 Å². The molecule has 0 atom stereocenters. The number of methoxy groups -OCH3 is 2. The number of anilines is 3. The minimum Gasteiger partial charge on any atom is -0.493 e. The van der Waals surface area contributed by atoms with Crippen LogP contribution in [0.25, 0.3) is 10.9 Å². The van der Waals surface area contributed by atoms with Crippen molar-refractivity contribution in [3.8, 4) is 11.5 Å². The molecule has 4 aromatic rings. The molecule has 7 heteroatoms. The van der Waals surface area contributed by atoms with Gasteiger partial charge in [0.1, 0.15) is 5.82 Å². The summed E-state index contributed by atoms with van der Waals surface area (Å²) in [5.74, 6) is 1.55. The first-order valence-electron chi connectivity index (χ1n) is 9.94. The predicted molar refractivity (Wildman–Crippen MR) is 129 cm³/mol. The van der Waals surface area contributed by atoms with Gasteiger partial charge in [0.05, 0.1) is 19.7 Å². The zero-order chi connectivity index (χ0) is 22.7. The fourth-order valence-corrected chi connectivity index (χ4v) is 3.62. The van der Waals surface area contributed by atoms with Crippen molar-refractivity contribution in [3.05, 3.63) is 82.9 Å². The number of benzene rings is 3. The Morgan fingerprint density at radius 2 is 1.72 bits per heavy atom. The van der Waals surface area contributed by atoms with Crippen LogP contribution in [0.15, 0.2) is 66.7 Å². The summed E-state index contributed by atoms with van der Waals surface area (Å²) in [6, 6.07) is 20.1. The van der Waals surface area contributed by atoms with E-state index in [1.807, 2.05) is 55.5 Å². The van der Waals surface area contributed by atoms with E-state index >= 15 is 0 Å². The Hall–Kier alpha value is -3.77. The third-order valence-electron chi connectivity index (χ3n) is 5.02. The van der Waals surface area contributed by atoms with Crippen LogP contribution < -0.4 is 20.1 Å². The van der Waals surface area contributed by atoms with E-state index in [0.29, 0.717) is 27.8 Å². The first-order chi connectivity index (χ1) is 15.5. The average molecular weight is 448 g/mol. The molecule has 32 heavy (non-hydrogen) atoms. The number of pyridine rings is 1. The van der Waals surface area contributed by atoms with Gasteiger partial charge in [-0.1, -0.05) is 17.7 Å². The summed E-state index contributed by atoms with van der Waals surface area (Å²) in [6.45, 7) is 2.01. The summed E-state index contributed by atoms with van der Waals surface area (Å²) in [4.78, 5) is 17.4. The van der Waals surface area contributed by atoms with Crippen LogP contribution in [-0.2, 0) is 0 Å². The molecule has 1 heterocycles. The van der Waals surface area contributed by atoms with Crippen molar-refractivity contribution in [2.45, 2.75) is 6.92 Å². The van der Waals surface area contributed by atoms with Crippen LogP contribution >= 0.6 is 11.6 Å². The van der Waals surface area contributed by atoms with E-state index in [-0.39, 0.29) is 5.91 Å². The molecule has 4 rings (SSSR count). The molecule has 6 nitrogen and oxygen atoms in total. The number of ether oxygens (including phenoxy) is 2. The lowest BCUT2D eigenvalue weighted by atomic mass is 10.1. The second kappa shape index (κ2) is 9.16. The van der Waals surface area contributed by atoms with Crippen molar-refractivity contribution in [2.24, 2.45) is 0 Å². The Labute approximate surface area is 191 Å². The number of amides is 1. The highest BCUT2D eigenvalue weighted by Crippen LogP contribution is 2.29. The average Bonchev–Trinajstić information content (AvgIpc) is 2.79. The Kier molecular flexibility index (Phi) is 6.14. The van der Waals surface area contributed by atoms with Gasteiger partial charge < -0.3 is 20.1 Å².